The average molecular weight is 395 g/mol. The maximum atomic E-state index is 14.5. The van der Waals surface area contributed by atoms with Gasteiger partial charge in [0.05, 0.1) is 13.2 Å². The van der Waals surface area contributed by atoms with Gasteiger partial charge in [-0.15, -0.1) is 0 Å². The molecule has 6 nitrogen and oxygen atoms in total. The largest absolute Gasteiger partial charge is 0.378 e. The van der Waals surface area contributed by atoms with Crippen LogP contribution in [0.1, 0.15) is 21.5 Å². The minimum Gasteiger partial charge on any atom is -0.378 e. The Labute approximate surface area is 168 Å². The number of aromatic nitrogens is 1. The van der Waals surface area contributed by atoms with Crippen molar-refractivity contribution in [1.82, 2.24) is 5.16 Å². The van der Waals surface area contributed by atoms with Crippen molar-refractivity contribution in [3.05, 3.63) is 65.0 Å². The predicted molar refractivity (Wildman–Crippen MR) is 109 cm³/mol. The first-order chi connectivity index (χ1) is 14.1. The fraction of sp³-hybridized carbons (Fsp3) is 0.273. The van der Waals surface area contributed by atoms with E-state index in [1.54, 1.807) is 18.2 Å². The minimum atomic E-state index is -0.463. The summed E-state index contributed by atoms with van der Waals surface area (Å²) in [6, 6.07) is 11.9. The molecular weight excluding hydrogens is 373 g/mol. The number of nitrogens with zero attached hydrogens (tertiary/aromatic N) is 2. The van der Waals surface area contributed by atoms with Crippen molar-refractivity contribution in [1.29, 1.82) is 0 Å². The van der Waals surface area contributed by atoms with Gasteiger partial charge in [0.25, 0.3) is 5.91 Å². The highest BCUT2D eigenvalue weighted by Crippen LogP contribution is 2.34. The van der Waals surface area contributed by atoms with Crippen LogP contribution < -0.4 is 10.2 Å². The molecule has 0 unspecified atom stereocenters. The summed E-state index contributed by atoms with van der Waals surface area (Å²) in [6.45, 7) is 6.10. The van der Waals surface area contributed by atoms with E-state index < -0.39 is 5.82 Å². The Morgan fingerprint density at radius 2 is 1.86 bits per heavy atom. The van der Waals surface area contributed by atoms with E-state index in [9.17, 15) is 9.18 Å². The van der Waals surface area contributed by atoms with Gasteiger partial charge in [-0.2, -0.15) is 0 Å². The predicted octanol–water partition coefficient (Wildman–Crippen LogP) is 4.19. The highest BCUT2D eigenvalue weighted by molar-refractivity contribution is 6.11. The van der Waals surface area contributed by atoms with E-state index in [0.29, 0.717) is 37.9 Å². The molecule has 0 aliphatic carbocycles. The molecule has 2 heterocycles. The maximum absolute atomic E-state index is 14.5. The third kappa shape index (κ3) is 3.73. The normalized spacial score (nSPS) is 14.1. The van der Waals surface area contributed by atoms with E-state index in [4.69, 9.17) is 9.26 Å². The average Bonchev–Trinajstić information content (AvgIpc) is 3.17. The summed E-state index contributed by atoms with van der Waals surface area (Å²) in [5.41, 5.74) is 3.37. The molecule has 150 valence electrons. The van der Waals surface area contributed by atoms with E-state index in [0.717, 1.165) is 11.1 Å². The molecule has 1 fully saturated rings. The van der Waals surface area contributed by atoms with Crippen molar-refractivity contribution in [2.24, 2.45) is 0 Å². The first kappa shape index (κ1) is 19.1. The number of anilines is 2. The number of nitrogens with one attached hydrogen (secondary N) is 1. The molecule has 1 aliphatic rings. The molecule has 1 aromatic heterocycles. The van der Waals surface area contributed by atoms with E-state index in [1.807, 2.05) is 36.9 Å². The number of morpholine rings is 1. The lowest BCUT2D eigenvalue weighted by Gasteiger charge is -2.26. The number of carbonyl (C=O) groups is 1. The smallest absolute Gasteiger partial charge is 0.263 e. The van der Waals surface area contributed by atoms with E-state index >= 15 is 0 Å². The van der Waals surface area contributed by atoms with Crippen molar-refractivity contribution in [2.45, 2.75) is 13.8 Å². The van der Waals surface area contributed by atoms with Crippen LogP contribution >= 0.6 is 0 Å². The molecule has 1 aliphatic heterocycles. The summed E-state index contributed by atoms with van der Waals surface area (Å²) in [5.74, 6) is -0.524. The molecule has 0 bridgehead atoms. The van der Waals surface area contributed by atoms with Gasteiger partial charge in [0, 0.05) is 24.3 Å². The monoisotopic (exact) mass is 395 g/mol. The van der Waals surface area contributed by atoms with Crippen LogP contribution in [0.25, 0.3) is 11.3 Å². The number of ether oxygens (including phenoxy) is 1. The van der Waals surface area contributed by atoms with Gasteiger partial charge in [-0.1, -0.05) is 29.4 Å². The summed E-state index contributed by atoms with van der Waals surface area (Å²) in [5, 5.41) is 7.01. The Morgan fingerprint density at radius 3 is 2.62 bits per heavy atom. The second kappa shape index (κ2) is 8.05. The van der Waals surface area contributed by atoms with Gasteiger partial charge in [0.2, 0.25) is 5.88 Å². The van der Waals surface area contributed by atoms with Crippen molar-refractivity contribution in [3.8, 4) is 11.3 Å². The van der Waals surface area contributed by atoms with E-state index in [-0.39, 0.29) is 22.7 Å². The highest BCUT2D eigenvalue weighted by atomic mass is 19.1. The molecule has 1 amide bonds. The molecule has 0 radical (unpaired) electrons. The second-order valence-electron chi connectivity index (χ2n) is 6.99. The van der Waals surface area contributed by atoms with Gasteiger partial charge in [0.15, 0.2) is 0 Å². The summed E-state index contributed by atoms with van der Waals surface area (Å²) in [7, 11) is 0. The van der Waals surface area contributed by atoms with Crippen LogP contribution in [0.3, 0.4) is 0 Å². The molecule has 1 N–H and O–H groups in total. The number of rotatable bonds is 4. The van der Waals surface area contributed by atoms with E-state index in [2.05, 4.69) is 10.5 Å². The van der Waals surface area contributed by atoms with Crippen LogP contribution in [-0.4, -0.2) is 37.4 Å². The number of aryl methyl sites for hydroxylation is 1. The lowest BCUT2D eigenvalue weighted by atomic mass is 10.0. The SMILES string of the molecule is Cc1cccc(NC(=O)c2c(-c3ccccc3F)noc2N2CCOCC2)c1C. The molecule has 3 aromatic rings. The van der Waals surface area contributed by atoms with Gasteiger partial charge < -0.3 is 19.5 Å². The topological polar surface area (TPSA) is 67.6 Å². The summed E-state index contributed by atoms with van der Waals surface area (Å²) >= 11 is 0. The van der Waals surface area contributed by atoms with Crippen LogP contribution in [0, 0.1) is 19.7 Å². The quantitative estimate of drug-likeness (QED) is 0.718. The second-order valence-corrected chi connectivity index (χ2v) is 6.99. The zero-order valence-corrected chi connectivity index (χ0v) is 16.4. The number of hydrogen-bond donors (Lipinski definition) is 1. The third-order valence-electron chi connectivity index (χ3n) is 5.18. The minimum absolute atomic E-state index is 0.187. The summed E-state index contributed by atoms with van der Waals surface area (Å²) in [4.78, 5) is 15.2. The van der Waals surface area contributed by atoms with Crippen molar-refractivity contribution >= 4 is 17.5 Å². The molecule has 0 spiro atoms. The van der Waals surface area contributed by atoms with Gasteiger partial charge in [-0.25, -0.2) is 4.39 Å². The highest BCUT2D eigenvalue weighted by Gasteiger charge is 2.30. The van der Waals surface area contributed by atoms with Gasteiger partial charge in [-0.3, -0.25) is 4.79 Å². The van der Waals surface area contributed by atoms with Crippen molar-refractivity contribution < 1.29 is 18.4 Å². The fourth-order valence-electron chi connectivity index (χ4n) is 3.38. The Bertz CT molecular complexity index is 1040. The van der Waals surface area contributed by atoms with Gasteiger partial charge in [0.1, 0.15) is 17.1 Å². The molecule has 1 saturated heterocycles. The number of hydrogen-bond acceptors (Lipinski definition) is 5. The van der Waals surface area contributed by atoms with Gasteiger partial charge in [-0.05, 0) is 43.2 Å². The van der Waals surface area contributed by atoms with Crippen molar-refractivity contribution in [3.63, 3.8) is 0 Å². The number of carbonyl (C=O) groups excluding carboxylic acids is 1. The molecule has 0 saturated carbocycles. The molecule has 4 rings (SSSR count). The third-order valence-corrected chi connectivity index (χ3v) is 5.18. The lowest BCUT2D eigenvalue weighted by Crippen LogP contribution is -2.37. The van der Waals surface area contributed by atoms with Crippen LogP contribution in [0.4, 0.5) is 16.0 Å². The zero-order chi connectivity index (χ0) is 20.4. The van der Waals surface area contributed by atoms with Crippen molar-refractivity contribution in [2.75, 3.05) is 36.5 Å². The number of amides is 1. The Balaban J connectivity index is 1.78. The molecule has 0 atom stereocenters. The number of benzene rings is 2. The van der Waals surface area contributed by atoms with Crippen LogP contribution in [0.2, 0.25) is 0 Å². The van der Waals surface area contributed by atoms with Crippen LogP contribution in [0.5, 0.6) is 0 Å². The Hall–Kier alpha value is -3.19. The fourth-order valence-corrected chi connectivity index (χ4v) is 3.38. The molecule has 7 heteroatoms. The first-order valence-corrected chi connectivity index (χ1v) is 9.51. The van der Waals surface area contributed by atoms with E-state index in [1.165, 1.54) is 6.07 Å². The molecule has 29 heavy (non-hydrogen) atoms. The molecular formula is C22H22FN3O3. The van der Waals surface area contributed by atoms with Crippen LogP contribution in [0.15, 0.2) is 47.0 Å². The standard InChI is InChI=1S/C22H22FN3O3/c1-14-6-5-9-18(15(14)2)24-21(27)19-20(16-7-3-4-8-17(16)23)25-29-22(19)26-10-12-28-13-11-26/h3-9H,10-13H2,1-2H3,(H,24,27). The zero-order valence-electron chi connectivity index (χ0n) is 16.4. The summed E-state index contributed by atoms with van der Waals surface area (Å²) < 4.78 is 25.4. The summed E-state index contributed by atoms with van der Waals surface area (Å²) in [6.07, 6.45) is 0. The van der Waals surface area contributed by atoms with Crippen LogP contribution in [-0.2, 0) is 4.74 Å². The lowest BCUT2D eigenvalue weighted by molar-refractivity contribution is 0.102. The first-order valence-electron chi connectivity index (χ1n) is 9.51. The van der Waals surface area contributed by atoms with Gasteiger partial charge >= 0.3 is 0 Å². The maximum Gasteiger partial charge on any atom is 0.263 e. The number of halogens is 1. The molecule has 2 aromatic carbocycles. The Morgan fingerprint density at radius 1 is 1.10 bits per heavy atom. The Kier molecular flexibility index (Phi) is 5.31.